The van der Waals surface area contributed by atoms with Crippen LogP contribution in [0.25, 0.3) is 0 Å². The van der Waals surface area contributed by atoms with Gasteiger partial charge >= 0.3 is 6.18 Å². The Balaban J connectivity index is 1.95. The minimum absolute atomic E-state index is 0.271. The van der Waals surface area contributed by atoms with E-state index in [-0.39, 0.29) is 5.91 Å². The molecule has 0 radical (unpaired) electrons. The summed E-state index contributed by atoms with van der Waals surface area (Å²) in [4.78, 5) is 16.8. The van der Waals surface area contributed by atoms with Gasteiger partial charge in [-0.15, -0.1) is 0 Å². The zero-order chi connectivity index (χ0) is 17.2. The Morgan fingerprint density at radius 2 is 1.88 bits per heavy atom. The molecule has 0 atom stereocenters. The third kappa shape index (κ3) is 3.13. The van der Waals surface area contributed by atoms with Gasteiger partial charge in [-0.1, -0.05) is 31.0 Å². The molecule has 0 bridgehead atoms. The third-order valence-corrected chi connectivity index (χ3v) is 4.55. The molecule has 1 aromatic carbocycles. The van der Waals surface area contributed by atoms with E-state index in [1.807, 2.05) is 0 Å². The van der Waals surface area contributed by atoms with Crippen LogP contribution in [0.3, 0.4) is 0 Å². The first-order chi connectivity index (χ1) is 11.4. The van der Waals surface area contributed by atoms with Crippen molar-refractivity contribution < 1.29 is 18.0 Å². The summed E-state index contributed by atoms with van der Waals surface area (Å²) in [5.41, 5.74) is -0.672. The smallest absolute Gasteiger partial charge is 0.324 e. The fourth-order valence-corrected chi connectivity index (χ4v) is 3.31. The minimum atomic E-state index is -4.42. The fraction of sp³-hybridized carbons (Fsp3) is 0.333. The Morgan fingerprint density at radius 1 is 1.12 bits per heavy atom. The highest BCUT2D eigenvalue weighted by Crippen LogP contribution is 2.43. The van der Waals surface area contributed by atoms with Crippen LogP contribution in [0.2, 0.25) is 0 Å². The summed E-state index contributed by atoms with van der Waals surface area (Å²) in [7, 11) is 0. The molecule has 0 aliphatic heterocycles. The summed E-state index contributed by atoms with van der Waals surface area (Å²) in [5, 5.41) is 2.80. The van der Waals surface area contributed by atoms with Crippen molar-refractivity contribution in [2.24, 2.45) is 0 Å². The van der Waals surface area contributed by atoms with Crippen LogP contribution in [-0.2, 0) is 16.4 Å². The van der Waals surface area contributed by atoms with Crippen molar-refractivity contribution >= 4 is 11.6 Å². The van der Waals surface area contributed by atoms with Crippen LogP contribution in [0, 0.1) is 0 Å². The summed E-state index contributed by atoms with van der Waals surface area (Å²) >= 11 is 0. The molecule has 2 aromatic rings. The molecule has 0 saturated heterocycles. The van der Waals surface area contributed by atoms with Gasteiger partial charge in [-0.25, -0.2) is 0 Å². The van der Waals surface area contributed by atoms with E-state index < -0.39 is 17.2 Å². The summed E-state index contributed by atoms with van der Waals surface area (Å²) < 4.78 is 39.1. The maximum atomic E-state index is 13.0. The monoisotopic (exact) mass is 334 g/mol. The van der Waals surface area contributed by atoms with Crippen LogP contribution in [0.5, 0.6) is 0 Å². The van der Waals surface area contributed by atoms with Gasteiger partial charge in [-0.05, 0) is 36.6 Å². The molecule has 1 aliphatic rings. The average Bonchev–Trinajstić information content (AvgIpc) is 3.06. The van der Waals surface area contributed by atoms with Crippen LogP contribution in [0.4, 0.5) is 18.9 Å². The molecule has 1 amide bonds. The van der Waals surface area contributed by atoms with Crippen molar-refractivity contribution in [2.45, 2.75) is 37.3 Å². The summed E-state index contributed by atoms with van der Waals surface area (Å²) in [6.45, 7) is 0. The van der Waals surface area contributed by atoms with E-state index in [1.165, 1.54) is 12.3 Å². The molecule has 1 aromatic heterocycles. The van der Waals surface area contributed by atoms with Crippen molar-refractivity contribution in [2.75, 3.05) is 5.32 Å². The molecule has 0 spiro atoms. The Kier molecular flexibility index (Phi) is 4.30. The number of rotatable bonds is 3. The van der Waals surface area contributed by atoms with Crippen molar-refractivity contribution in [1.29, 1.82) is 0 Å². The second kappa shape index (κ2) is 6.26. The van der Waals surface area contributed by atoms with Gasteiger partial charge < -0.3 is 5.32 Å². The quantitative estimate of drug-likeness (QED) is 0.895. The summed E-state index contributed by atoms with van der Waals surface area (Å²) in [6.07, 6.45) is 1.41. The van der Waals surface area contributed by atoms with Crippen LogP contribution in [-0.4, -0.2) is 10.9 Å². The number of halogens is 3. The number of anilines is 1. The molecule has 24 heavy (non-hydrogen) atoms. The highest BCUT2D eigenvalue weighted by atomic mass is 19.4. The van der Waals surface area contributed by atoms with Crippen LogP contribution in [0.1, 0.15) is 36.8 Å². The molecular weight excluding hydrogens is 317 g/mol. The number of hydrogen-bond acceptors (Lipinski definition) is 2. The maximum absolute atomic E-state index is 13.0. The van der Waals surface area contributed by atoms with Crippen LogP contribution in [0.15, 0.2) is 48.8 Å². The molecule has 1 aliphatic carbocycles. The molecule has 1 fully saturated rings. The number of nitrogens with zero attached hydrogens (tertiary/aromatic N) is 1. The van der Waals surface area contributed by atoms with Gasteiger partial charge in [-0.3, -0.25) is 9.78 Å². The van der Waals surface area contributed by atoms with E-state index in [9.17, 15) is 18.0 Å². The number of hydrogen-bond donors (Lipinski definition) is 1. The van der Waals surface area contributed by atoms with E-state index >= 15 is 0 Å². The lowest BCUT2D eigenvalue weighted by Crippen LogP contribution is -2.38. The number of carbonyl (C=O) groups excluding carboxylic acids is 1. The molecule has 3 nitrogen and oxygen atoms in total. The molecular formula is C18H17F3N2O. The molecule has 6 heteroatoms. The Hall–Kier alpha value is -2.37. The SMILES string of the molecule is O=C(Nc1cccnc1)C1(c2cccc(C(F)(F)F)c2)CCCC1. The van der Waals surface area contributed by atoms with E-state index in [4.69, 9.17) is 0 Å². The van der Waals surface area contributed by atoms with Crippen molar-refractivity contribution in [3.8, 4) is 0 Å². The van der Waals surface area contributed by atoms with E-state index in [0.29, 0.717) is 24.1 Å². The topological polar surface area (TPSA) is 42.0 Å². The number of aromatic nitrogens is 1. The van der Waals surface area contributed by atoms with E-state index in [0.717, 1.165) is 25.0 Å². The first-order valence-corrected chi connectivity index (χ1v) is 7.81. The number of pyridine rings is 1. The number of carbonyl (C=O) groups is 1. The number of benzene rings is 1. The largest absolute Gasteiger partial charge is 0.416 e. The second-order valence-corrected chi connectivity index (χ2v) is 6.06. The summed E-state index contributed by atoms with van der Waals surface area (Å²) in [6, 6.07) is 8.53. The van der Waals surface area contributed by atoms with Crippen molar-refractivity contribution in [3.05, 3.63) is 59.9 Å². The number of amides is 1. The molecule has 3 rings (SSSR count). The van der Waals surface area contributed by atoms with Crippen molar-refractivity contribution in [1.82, 2.24) is 4.98 Å². The predicted molar refractivity (Wildman–Crippen MR) is 84.5 cm³/mol. The normalized spacial score (nSPS) is 16.8. The fourth-order valence-electron chi connectivity index (χ4n) is 3.31. The Bertz CT molecular complexity index is 723. The zero-order valence-electron chi connectivity index (χ0n) is 12.9. The van der Waals surface area contributed by atoms with Gasteiger partial charge in [-0.2, -0.15) is 13.2 Å². The lowest BCUT2D eigenvalue weighted by atomic mass is 9.77. The molecule has 126 valence electrons. The van der Waals surface area contributed by atoms with Gasteiger partial charge in [0.05, 0.1) is 22.9 Å². The Labute approximate surface area is 137 Å². The third-order valence-electron chi connectivity index (χ3n) is 4.55. The second-order valence-electron chi connectivity index (χ2n) is 6.06. The first-order valence-electron chi connectivity index (χ1n) is 7.81. The van der Waals surface area contributed by atoms with Gasteiger partial charge in [0.15, 0.2) is 0 Å². The van der Waals surface area contributed by atoms with Gasteiger partial charge in [0.25, 0.3) is 0 Å². The molecule has 1 N–H and O–H groups in total. The van der Waals surface area contributed by atoms with Crippen LogP contribution >= 0.6 is 0 Å². The first kappa shape index (κ1) is 16.5. The summed E-state index contributed by atoms with van der Waals surface area (Å²) in [5.74, 6) is -0.271. The molecule has 0 unspecified atom stereocenters. The molecule has 1 heterocycles. The van der Waals surface area contributed by atoms with E-state index in [2.05, 4.69) is 10.3 Å². The van der Waals surface area contributed by atoms with Crippen LogP contribution < -0.4 is 5.32 Å². The lowest BCUT2D eigenvalue weighted by molar-refractivity contribution is -0.137. The maximum Gasteiger partial charge on any atom is 0.416 e. The predicted octanol–water partition coefficient (Wildman–Crippen LogP) is 4.55. The number of nitrogens with one attached hydrogen (secondary N) is 1. The highest BCUT2D eigenvalue weighted by Gasteiger charge is 2.44. The zero-order valence-corrected chi connectivity index (χ0v) is 12.9. The highest BCUT2D eigenvalue weighted by molar-refractivity contribution is 5.99. The molecule has 1 saturated carbocycles. The van der Waals surface area contributed by atoms with E-state index in [1.54, 1.807) is 24.4 Å². The number of alkyl halides is 3. The van der Waals surface area contributed by atoms with Gasteiger partial charge in [0.1, 0.15) is 0 Å². The van der Waals surface area contributed by atoms with Crippen molar-refractivity contribution in [3.63, 3.8) is 0 Å². The minimum Gasteiger partial charge on any atom is -0.324 e. The Morgan fingerprint density at radius 3 is 2.50 bits per heavy atom. The average molecular weight is 334 g/mol. The standard InChI is InChI=1S/C18H17F3N2O/c19-18(20,21)14-6-3-5-13(11-14)17(8-1-2-9-17)16(24)23-15-7-4-10-22-12-15/h3-7,10-12H,1-2,8-9H2,(H,23,24). The van der Waals surface area contributed by atoms with Gasteiger partial charge in [0, 0.05) is 6.20 Å². The lowest BCUT2D eigenvalue weighted by Gasteiger charge is -2.29. The van der Waals surface area contributed by atoms with Gasteiger partial charge in [0.2, 0.25) is 5.91 Å².